The van der Waals surface area contributed by atoms with Gasteiger partial charge in [0.25, 0.3) is 0 Å². The Kier molecular flexibility index (Phi) is 2.57. The maximum atomic E-state index is 4.45. The van der Waals surface area contributed by atoms with E-state index < -0.39 is 0 Å². The lowest BCUT2D eigenvalue weighted by Crippen LogP contribution is -2.41. The van der Waals surface area contributed by atoms with Gasteiger partial charge in [0.2, 0.25) is 0 Å². The molecular weight excluding hydrogens is 172 g/mol. The van der Waals surface area contributed by atoms with Gasteiger partial charge in [0.05, 0.1) is 0 Å². The minimum absolute atomic E-state index is 0.0482. The standard InChI is InChI=1S/C12H20N2/c1-8-9(2)13-11(4)14(10(8)3)12(5,6)7/h4H2,1-3,5-7H3. The summed E-state index contributed by atoms with van der Waals surface area (Å²) in [4.78, 5) is 6.64. The van der Waals surface area contributed by atoms with Crippen LogP contribution < -0.4 is 0 Å². The molecule has 0 aromatic rings. The van der Waals surface area contributed by atoms with Gasteiger partial charge in [0.1, 0.15) is 5.82 Å². The van der Waals surface area contributed by atoms with Crippen LogP contribution in [0.15, 0.2) is 28.7 Å². The van der Waals surface area contributed by atoms with Crippen molar-refractivity contribution in [3.05, 3.63) is 23.7 Å². The first-order chi connectivity index (χ1) is 6.25. The van der Waals surface area contributed by atoms with Crippen molar-refractivity contribution in [1.29, 1.82) is 0 Å². The SMILES string of the molecule is C=C1N=C(C)C(C)=C(C)N1C(C)(C)C. The molecule has 14 heavy (non-hydrogen) atoms. The Labute approximate surface area is 87.0 Å². The Hall–Kier alpha value is -1.05. The average molecular weight is 192 g/mol. The first kappa shape index (κ1) is 11.0. The monoisotopic (exact) mass is 192 g/mol. The molecule has 0 aromatic heterocycles. The van der Waals surface area contributed by atoms with Crippen LogP contribution in [0.3, 0.4) is 0 Å². The molecule has 0 bridgehead atoms. The Balaban J connectivity index is 3.20. The Bertz CT molecular complexity index is 327. The van der Waals surface area contributed by atoms with Crippen LogP contribution in [0.5, 0.6) is 0 Å². The minimum atomic E-state index is 0.0482. The summed E-state index contributed by atoms with van der Waals surface area (Å²) >= 11 is 0. The maximum Gasteiger partial charge on any atom is 0.126 e. The van der Waals surface area contributed by atoms with Crippen molar-refractivity contribution >= 4 is 5.71 Å². The highest BCUT2D eigenvalue weighted by atomic mass is 15.3. The zero-order valence-corrected chi connectivity index (χ0v) is 10.1. The van der Waals surface area contributed by atoms with E-state index in [0.29, 0.717) is 0 Å². The molecule has 78 valence electrons. The highest BCUT2D eigenvalue weighted by Crippen LogP contribution is 2.30. The predicted molar refractivity (Wildman–Crippen MR) is 62.2 cm³/mol. The van der Waals surface area contributed by atoms with E-state index in [1.165, 1.54) is 11.3 Å². The number of hydrogen-bond acceptors (Lipinski definition) is 2. The second-order valence-corrected chi connectivity index (χ2v) is 4.83. The molecule has 0 radical (unpaired) electrons. The Morgan fingerprint density at radius 3 is 2.07 bits per heavy atom. The number of rotatable bonds is 0. The first-order valence-electron chi connectivity index (χ1n) is 4.97. The van der Waals surface area contributed by atoms with Gasteiger partial charge in [0, 0.05) is 16.9 Å². The lowest BCUT2D eigenvalue weighted by molar-refractivity contribution is 0.232. The average Bonchev–Trinajstić information content (AvgIpc) is 1.97. The van der Waals surface area contributed by atoms with E-state index in [4.69, 9.17) is 0 Å². The van der Waals surface area contributed by atoms with Crippen LogP contribution in [-0.4, -0.2) is 16.2 Å². The third-order valence-corrected chi connectivity index (χ3v) is 2.65. The third-order valence-electron chi connectivity index (χ3n) is 2.65. The van der Waals surface area contributed by atoms with Gasteiger partial charge in [0.15, 0.2) is 0 Å². The number of allylic oxidation sites excluding steroid dienone is 2. The molecule has 0 amide bonds. The lowest BCUT2D eigenvalue weighted by Gasteiger charge is -2.41. The van der Waals surface area contributed by atoms with E-state index in [2.05, 4.69) is 51.1 Å². The van der Waals surface area contributed by atoms with Crippen LogP contribution in [-0.2, 0) is 0 Å². The first-order valence-corrected chi connectivity index (χ1v) is 4.97. The molecule has 0 aliphatic carbocycles. The van der Waals surface area contributed by atoms with Crippen LogP contribution >= 0.6 is 0 Å². The van der Waals surface area contributed by atoms with Crippen molar-refractivity contribution in [3.63, 3.8) is 0 Å². The fourth-order valence-electron chi connectivity index (χ4n) is 1.84. The third kappa shape index (κ3) is 1.74. The molecule has 0 unspecified atom stereocenters. The molecule has 2 heteroatoms. The van der Waals surface area contributed by atoms with Crippen molar-refractivity contribution in [1.82, 2.24) is 4.90 Å². The molecular formula is C12H20N2. The summed E-state index contributed by atoms with van der Waals surface area (Å²) in [6.45, 7) is 16.8. The summed E-state index contributed by atoms with van der Waals surface area (Å²) < 4.78 is 0. The van der Waals surface area contributed by atoms with Gasteiger partial charge in [-0.3, -0.25) is 0 Å². The van der Waals surface area contributed by atoms with Crippen LogP contribution in [0.2, 0.25) is 0 Å². The maximum absolute atomic E-state index is 4.45. The summed E-state index contributed by atoms with van der Waals surface area (Å²) in [5.41, 5.74) is 3.64. The van der Waals surface area contributed by atoms with Gasteiger partial charge in [-0.05, 0) is 47.1 Å². The molecule has 1 rings (SSSR count). The number of aliphatic imine (C=N–C) groups is 1. The lowest BCUT2D eigenvalue weighted by atomic mass is 10.0. The minimum Gasteiger partial charge on any atom is -0.325 e. The van der Waals surface area contributed by atoms with E-state index >= 15 is 0 Å². The number of hydrogen-bond donors (Lipinski definition) is 0. The van der Waals surface area contributed by atoms with Crippen LogP contribution in [0.25, 0.3) is 0 Å². The summed E-state index contributed by atoms with van der Waals surface area (Å²) in [7, 11) is 0. The van der Waals surface area contributed by atoms with Gasteiger partial charge >= 0.3 is 0 Å². The molecule has 2 nitrogen and oxygen atoms in total. The zero-order valence-electron chi connectivity index (χ0n) is 10.1. The predicted octanol–water partition coefficient (Wildman–Crippen LogP) is 3.33. The highest BCUT2D eigenvalue weighted by molar-refractivity contribution is 5.99. The largest absolute Gasteiger partial charge is 0.325 e. The van der Waals surface area contributed by atoms with Crippen molar-refractivity contribution in [3.8, 4) is 0 Å². The van der Waals surface area contributed by atoms with E-state index in [1.807, 2.05) is 6.92 Å². The molecule has 0 spiro atoms. The second-order valence-electron chi connectivity index (χ2n) is 4.83. The number of nitrogens with zero attached hydrogens (tertiary/aromatic N) is 2. The van der Waals surface area contributed by atoms with Crippen LogP contribution in [0.4, 0.5) is 0 Å². The van der Waals surface area contributed by atoms with Crippen molar-refractivity contribution < 1.29 is 0 Å². The smallest absolute Gasteiger partial charge is 0.126 e. The normalized spacial score (nSPS) is 18.9. The Morgan fingerprint density at radius 2 is 1.64 bits per heavy atom. The van der Waals surface area contributed by atoms with Gasteiger partial charge in [-0.25, -0.2) is 4.99 Å². The van der Waals surface area contributed by atoms with Crippen molar-refractivity contribution in [2.24, 2.45) is 4.99 Å². The summed E-state index contributed by atoms with van der Waals surface area (Å²) in [5, 5.41) is 0. The van der Waals surface area contributed by atoms with Gasteiger partial charge < -0.3 is 4.90 Å². The molecule has 0 atom stereocenters. The Morgan fingerprint density at radius 1 is 1.14 bits per heavy atom. The fraction of sp³-hybridized carbons (Fsp3) is 0.583. The zero-order chi connectivity index (χ0) is 11.1. The van der Waals surface area contributed by atoms with Crippen molar-refractivity contribution in [2.45, 2.75) is 47.1 Å². The van der Waals surface area contributed by atoms with Crippen LogP contribution in [0, 0.1) is 0 Å². The molecule has 1 aliphatic heterocycles. The molecule has 0 saturated carbocycles. The van der Waals surface area contributed by atoms with Gasteiger partial charge in [-0.15, -0.1) is 0 Å². The molecule has 1 aliphatic rings. The second kappa shape index (κ2) is 3.26. The van der Waals surface area contributed by atoms with E-state index in [1.54, 1.807) is 0 Å². The molecule has 0 N–H and O–H groups in total. The quantitative estimate of drug-likeness (QED) is 0.575. The highest BCUT2D eigenvalue weighted by Gasteiger charge is 2.27. The molecule has 0 fully saturated rings. The van der Waals surface area contributed by atoms with E-state index in [0.717, 1.165) is 11.5 Å². The summed E-state index contributed by atoms with van der Waals surface area (Å²) in [6.07, 6.45) is 0. The summed E-state index contributed by atoms with van der Waals surface area (Å²) in [5.74, 6) is 0.845. The van der Waals surface area contributed by atoms with Crippen molar-refractivity contribution in [2.75, 3.05) is 0 Å². The topological polar surface area (TPSA) is 15.6 Å². The van der Waals surface area contributed by atoms with Gasteiger partial charge in [-0.1, -0.05) is 6.58 Å². The molecule has 1 heterocycles. The molecule has 0 saturated heterocycles. The van der Waals surface area contributed by atoms with E-state index in [9.17, 15) is 0 Å². The summed E-state index contributed by atoms with van der Waals surface area (Å²) in [6, 6.07) is 0. The van der Waals surface area contributed by atoms with Crippen LogP contribution in [0.1, 0.15) is 41.5 Å². The molecule has 0 aromatic carbocycles. The van der Waals surface area contributed by atoms with E-state index in [-0.39, 0.29) is 5.54 Å². The fourth-order valence-corrected chi connectivity index (χ4v) is 1.84. The van der Waals surface area contributed by atoms with Gasteiger partial charge in [-0.2, -0.15) is 0 Å².